The van der Waals surface area contributed by atoms with Gasteiger partial charge in [0.15, 0.2) is 10.7 Å². The molecule has 0 aliphatic heterocycles. The molecule has 0 bridgehead atoms. The Morgan fingerprint density at radius 3 is 2.88 bits per heavy atom. The van der Waals surface area contributed by atoms with Gasteiger partial charge in [-0.05, 0) is 25.0 Å². The molecule has 2 aromatic heterocycles. The van der Waals surface area contributed by atoms with Crippen molar-refractivity contribution in [2.24, 2.45) is 5.92 Å². The molecule has 0 saturated carbocycles. The van der Waals surface area contributed by atoms with Crippen molar-refractivity contribution in [3.8, 4) is 0 Å². The highest BCUT2D eigenvalue weighted by atomic mass is 32.2. The summed E-state index contributed by atoms with van der Waals surface area (Å²) in [5, 5.41) is 4.57. The second kappa shape index (κ2) is 8.55. The SMILES string of the molecule is CCOC(=O)c1sc(NCC(C)C)nc1CSc1nc2ccccc2o1. The van der Waals surface area contributed by atoms with Crippen LogP contribution < -0.4 is 5.32 Å². The molecule has 1 N–H and O–H groups in total. The van der Waals surface area contributed by atoms with E-state index in [2.05, 4.69) is 29.1 Å². The van der Waals surface area contributed by atoms with Crippen molar-refractivity contribution in [2.45, 2.75) is 31.7 Å². The average Bonchev–Trinajstić information content (AvgIpc) is 3.21. The average molecular weight is 392 g/mol. The molecule has 0 aliphatic rings. The molecule has 0 radical (unpaired) electrons. The van der Waals surface area contributed by atoms with Gasteiger partial charge in [-0.25, -0.2) is 14.8 Å². The van der Waals surface area contributed by atoms with Crippen LogP contribution in [0.3, 0.4) is 0 Å². The predicted molar refractivity (Wildman–Crippen MR) is 105 cm³/mol. The first-order valence-electron chi connectivity index (χ1n) is 8.46. The number of oxazole rings is 1. The number of hydrogen-bond donors (Lipinski definition) is 1. The molecule has 138 valence electrons. The molecule has 0 aliphatic carbocycles. The van der Waals surface area contributed by atoms with Gasteiger partial charge in [0.05, 0.1) is 12.3 Å². The van der Waals surface area contributed by atoms with Gasteiger partial charge in [-0.3, -0.25) is 0 Å². The predicted octanol–water partition coefficient (Wildman–Crippen LogP) is 4.82. The zero-order chi connectivity index (χ0) is 18.5. The molecular formula is C18H21N3O3S2. The molecule has 6 nitrogen and oxygen atoms in total. The van der Waals surface area contributed by atoms with Crippen molar-refractivity contribution in [3.63, 3.8) is 0 Å². The molecular weight excluding hydrogens is 370 g/mol. The number of benzene rings is 1. The summed E-state index contributed by atoms with van der Waals surface area (Å²) < 4.78 is 10.9. The summed E-state index contributed by atoms with van der Waals surface area (Å²) in [7, 11) is 0. The number of nitrogens with one attached hydrogen (secondary N) is 1. The quantitative estimate of drug-likeness (QED) is 0.435. The topological polar surface area (TPSA) is 77.2 Å². The molecule has 8 heteroatoms. The van der Waals surface area contributed by atoms with Crippen LogP contribution in [0.1, 0.15) is 36.1 Å². The fourth-order valence-electron chi connectivity index (χ4n) is 2.22. The van der Waals surface area contributed by atoms with Crippen molar-refractivity contribution < 1.29 is 13.9 Å². The maximum atomic E-state index is 12.2. The monoisotopic (exact) mass is 391 g/mol. The first kappa shape index (κ1) is 18.7. The van der Waals surface area contributed by atoms with Crippen LogP contribution in [-0.2, 0) is 10.5 Å². The number of para-hydroxylation sites is 2. The Labute approximate surface area is 160 Å². The van der Waals surface area contributed by atoms with Gasteiger partial charge in [0.2, 0.25) is 0 Å². The fourth-order valence-corrected chi connectivity index (χ4v) is 3.97. The zero-order valence-electron chi connectivity index (χ0n) is 14.9. The van der Waals surface area contributed by atoms with Crippen LogP contribution >= 0.6 is 23.1 Å². The third-order valence-electron chi connectivity index (χ3n) is 3.43. The number of thiazole rings is 1. The molecule has 3 aromatic rings. The zero-order valence-corrected chi connectivity index (χ0v) is 16.6. The van der Waals surface area contributed by atoms with Crippen LogP contribution in [0.25, 0.3) is 11.1 Å². The number of fused-ring (bicyclic) bond motifs is 1. The highest BCUT2D eigenvalue weighted by molar-refractivity contribution is 7.98. The molecule has 3 rings (SSSR count). The summed E-state index contributed by atoms with van der Waals surface area (Å²) in [6.45, 7) is 7.17. The van der Waals surface area contributed by atoms with Crippen LogP contribution in [0, 0.1) is 5.92 Å². The maximum Gasteiger partial charge on any atom is 0.350 e. The lowest BCUT2D eigenvalue weighted by Crippen LogP contribution is -2.07. The number of esters is 1. The van der Waals surface area contributed by atoms with Crippen LogP contribution in [-0.4, -0.2) is 29.1 Å². The molecule has 26 heavy (non-hydrogen) atoms. The summed E-state index contributed by atoms with van der Waals surface area (Å²) in [5.41, 5.74) is 2.25. The third kappa shape index (κ3) is 4.56. The van der Waals surface area contributed by atoms with Crippen molar-refractivity contribution in [3.05, 3.63) is 34.8 Å². The summed E-state index contributed by atoms with van der Waals surface area (Å²) in [6.07, 6.45) is 0. The van der Waals surface area contributed by atoms with Gasteiger partial charge in [0.25, 0.3) is 5.22 Å². The minimum atomic E-state index is -0.337. The van der Waals surface area contributed by atoms with Gasteiger partial charge < -0.3 is 14.5 Å². The van der Waals surface area contributed by atoms with E-state index in [9.17, 15) is 4.79 Å². The highest BCUT2D eigenvalue weighted by Gasteiger charge is 2.20. The fraction of sp³-hybridized carbons (Fsp3) is 0.389. The minimum Gasteiger partial charge on any atom is -0.462 e. The smallest absolute Gasteiger partial charge is 0.350 e. The second-order valence-electron chi connectivity index (χ2n) is 6.03. The van der Waals surface area contributed by atoms with E-state index in [-0.39, 0.29) is 5.97 Å². The lowest BCUT2D eigenvalue weighted by Gasteiger charge is -2.04. The van der Waals surface area contributed by atoms with Crippen molar-refractivity contribution in [1.29, 1.82) is 0 Å². The molecule has 0 fully saturated rings. The van der Waals surface area contributed by atoms with E-state index in [1.54, 1.807) is 6.92 Å². The van der Waals surface area contributed by atoms with Crippen LogP contribution in [0.5, 0.6) is 0 Å². The van der Waals surface area contributed by atoms with E-state index in [0.29, 0.717) is 34.1 Å². The number of aromatic nitrogens is 2. The normalized spacial score (nSPS) is 11.2. The van der Waals surface area contributed by atoms with E-state index in [4.69, 9.17) is 9.15 Å². The number of carbonyl (C=O) groups excluding carboxylic acids is 1. The van der Waals surface area contributed by atoms with Crippen molar-refractivity contribution in [2.75, 3.05) is 18.5 Å². The number of thioether (sulfide) groups is 1. The summed E-state index contributed by atoms with van der Waals surface area (Å²) in [6, 6.07) is 7.62. The van der Waals surface area contributed by atoms with Gasteiger partial charge in [-0.15, -0.1) is 0 Å². The number of hydrogen-bond acceptors (Lipinski definition) is 8. The molecule has 0 atom stereocenters. The molecule has 2 heterocycles. The Balaban J connectivity index is 1.76. The third-order valence-corrected chi connectivity index (χ3v) is 5.30. The van der Waals surface area contributed by atoms with Crippen LogP contribution in [0.4, 0.5) is 5.13 Å². The largest absolute Gasteiger partial charge is 0.462 e. The highest BCUT2D eigenvalue weighted by Crippen LogP contribution is 2.31. The molecule has 1 aromatic carbocycles. The first-order valence-corrected chi connectivity index (χ1v) is 10.3. The lowest BCUT2D eigenvalue weighted by molar-refractivity contribution is 0.0531. The molecule has 0 saturated heterocycles. The van der Waals surface area contributed by atoms with Gasteiger partial charge in [-0.1, -0.05) is 49.1 Å². The number of nitrogens with zero attached hydrogens (tertiary/aromatic N) is 2. The Morgan fingerprint density at radius 1 is 1.35 bits per heavy atom. The summed E-state index contributed by atoms with van der Waals surface area (Å²) in [4.78, 5) is 21.8. The summed E-state index contributed by atoms with van der Waals surface area (Å²) in [5.74, 6) is 0.638. The Kier molecular flexibility index (Phi) is 6.16. The van der Waals surface area contributed by atoms with E-state index in [0.717, 1.165) is 22.8 Å². The van der Waals surface area contributed by atoms with Crippen LogP contribution in [0.2, 0.25) is 0 Å². The van der Waals surface area contributed by atoms with Crippen molar-refractivity contribution in [1.82, 2.24) is 9.97 Å². The van der Waals surface area contributed by atoms with E-state index >= 15 is 0 Å². The standard InChI is InChI=1S/C18H21N3O3S2/c1-4-23-16(22)15-13(20-17(26-15)19-9-11(2)3)10-25-18-21-12-7-5-6-8-14(12)24-18/h5-8,11H,4,9-10H2,1-3H3,(H,19,20). The molecule has 0 amide bonds. The Morgan fingerprint density at radius 2 is 2.15 bits per heavy atom. The molecule has 0 spiro atoms. The maximum absolute atomic E-state index is 12.2. The second-order valence-corrected chi connectivity index (χ2v) is 7.95. The number of rotatable bonds is 8. The lowest BCUT2D eigenvalue weighted by atomic mass is 10.2. The summed E-state index contributed by atoms with van der Waals surface area (Å²) >= 11 is 2.75. The van der Waals surface area contributed by atoms with E-state index < -0.39 is 0 Å². The van der Waals surface area contributed by atoms with Crippen molar-refractivity contribution >= 4 is 45.3 Å². The van der Waals surface area contributed by atoms with Gasteiger partial charge in [0, 0.05) is 12.3 Å². The number of ether oxygens (including phenoxy) is 1. The van der Waals surface area contributed by atoms with E-state index in [1.807, 2.05) is 24.3 Å². The van der Waals surface area contributed by atoms with Crippen LogP contribution in [0.15, 0.2) is 33.9 Å². The van der Waals surface area contributed by atoms with Gasteiger partial charge >= 0.3 is 5.97 Å². The molecule has 0 unspecified atom stereocenters. The Bertz CT molecular complexity index is 856. The minimum absolute atomic E-state index is 0.337. The van der Waals surface area contributed by atoms with E-state index in [1.165, 1.54) is 23.1 Å². The Hall–Kier alpha value is -2.06. The number of anilines is 1. The number of carbonyl (C=O) groups is 1. The van der Waals surface area contributed by atoms with Gasteiger partial charge in [0.1, 0.15) is 10.4 Å². The van der Waals surface area contributed by atoms with Gasteiger partial charge in [-0.2, -0.15) is 0 Å². The first-order chi connectivity index (χ1) is 12.6.